The van der Waals surface area contributed by atoms with Crippen LogP contribution in [-0.4, -0.2) is 32.8 Å². The molecule has 0 saturated carbocycles. The summed E-state index contributed by atoms with van der Waals surface area (Å²) in [6.45, 7) is 0.807. The topological polar surface area (TPSA) is 81.4 Å². The predicted molar refractivity (Wildman–Crippen MR) is 84.9 cm³/mol. The maximum Gasteiger partial charge on any atom is 0.226 e. The first-order valence-corrected chi connectivity index (χ1v) is 8.88. The summed E-state index contributed by atoms with van der Waals surface area (Å²) in [5.74, 6) is 1.55. The van der Waals surface area contributed by atoms with Gasteiger partial charge in [-0.3, -0.25) is 9.00 Å². The third-order valence-corrected chi connectivity index (χ3v) is 4.99. The fourth-order valence-electron chi connectivity index (χ4n) is 2.28. The lowest BCUT2D eigenvalue weighted by Gasteiger charge is -2.25. The molecule has 0 bridgehead atoms. The van der Waals surface area contributed by atoms with Crippen molar-refractivity contribution in [2.45, 2.75) is 25.7 Å². The maximum absolute atomic E-state index is 11.8. The van der Waals surface area contributed by atoms with E-state index in [9.17, 15) is 9.00 Å². The fraction of sp³-hybridized carbons (Fsp3) is 0.375. The average molecular weight is 334 g/mol. The van der Waals surface area contributed by atoms with Crippen molar-refractivity contribution in [3.63, 3.8) is 0 Å². The van der Waals surface area contributed by atoms with Gasteiger partial charge in [-0.15, -0.1) is 0 Å². The van der Waals surface area contributed by atoms with Crippen LogP contribution >= 0.6 is 0 Å². The van der Waals surface area contributed by atoms with Gasteiger partial charge in [-0.25, -0.2) is 0 Å². The molecular formula is C16H18N2O4S. The van der Waals surface area contributed by atoms with Crippen LogP contribution in [0.1, 0.15) is 17.0 Å². The smallest absolute Gasteiger partial charge is 0.226 e. The molecule has 2 heterocycles. The van der Waals surface area contributed by atoms with E-state index in [4.69, 9.17) is 9.26 Å². The second-order valence-corrected chi connectivity index (χ2v) is 7.02. The van der Waals surface area contributed by atoms with Gasteiger partial charge in [0, 0.05) is 28.4 Å². The second-order valence-electron chi connectivity index (χ2n) is 5.48. The van der Waals surface area contributed by atoms with Crippen LogP contribution in [0.15, 0.2) is 40.9 Å². The normalized spacial score (nSPS) is 20.0. The van der Waals surface area contributed by atoms with Crippen molar-refractivity contribution in [1.29, 1.82) is 0 Å². The Morgan fingerprint density at radius 1 is 1.30 bits per heavy atom. The number of nitrogens with zero attached hydrogens (tertiary/aromatic N) is 1. The van der Waals surface area contributed by atoms with E-state index in [2.05, 4.69) is 10.5 Å². The van der Waals surface area contributed by atoms with E-state index in [1.165, 1.54) is 0 Å². The number of nitrogens with one attached hydrogen (secondary N) is 1. The van der Waals surface area contributed by atoms with Crippen LogP contribution in [-0.2, 0) is 40.0 Å². The minimum Gasteiger partial charge on any atom is -0.369 e. The third-order valence-electron chi connectivity index (χ3n) is 3.44. The molecule has 0 unspecified atom stereocenters. The highest BCUT2D eigenvalue weighted by atomic mass is 32.2. The summed E-state index contributed by atoms with van der Waals surface area (Å²) < 4.78 is 21.7. The van der Waals surface area contributed by atoms with E-state index < -0.39 is 10.8 Å². The molecule has 1 saturated heterocycles. The Bertz CT molecular complexity index is 678. The molecule has 1 aliphatic heterocycles. The number of benzene rings is 1. The average Bonchev–Trinajstić information content (AvgIpc) is 2.94. The number of ether oxygens (including phenoxy) is 1. The molecule has 1 aliphatic rings. The van der Waals surface area contributed by atoms with Crippen molar-refractivity contribution in [2.75, 3.05) is 11.5 Å². The number of carbonyl (C=O) groups is 1. The Kier molecular flexibility index (Phi) is 5.19. The number of carbonyl (C=O) groups excluding carboxylic acids is 1. The van der Waals surface area contributed by atoms with Crippen LogP contribution in [0.5, 0.6) is 0 Å². The molecule has 0 radical (unpaired) electrons. The van der Waals surface area contributed by atoms with E-state index in [1.807, 2.05) is 30.3 Å². The van der Waals surface area contributed by atoms with Gasteiger partial charge in [-0.1, -0.05) is 35.5 Å². The highest BCUT2D eigenvalue weighted by Crippen LogP contribution is 2.09. The molecule has 1 fully saturated rings. The van der Waals surface area contributed by atoms with Gasteiger partial charge in [-0.05, 0) is 5.56 Å². The standard InChI is InChI=1S/C16H18N2O4S/c19-16(17-14-10-23(20)11-14)7-13-6-15(22-18-13)9-21-8-12-4-2-1-3-5-12/h1-6,14H,7-11H2,(H,17,19). The predicted octanol–water partition coefficient (Wildman–Crippen LogP) is 1.18. The number of hydrogen-bond acceptors (Lipinski definition) is 5. The summed E-state index contributed by atoms with van der Waals surface area (Å²) in [7, 11) is -0.766. The number of rotatable bonds is 7. The summed E-state index contributed by atoms with van der Waals surface area (Å²) in [4.78, 5) is 11.8. The van der Waals surface area contributed by atoms with Crippen LogP contribution < -0.4 is 5.32 Å². The van der Waals surface area contributed by atoms with E-state index >= 15 is 0 Å². The van der Waals surface area contributed by atoms with Crippen LogP contribution in [0, 0.1) is 0 Å². The minimum absolute atomic E-state index is 0.0314. The second kappa shape index (κ2) is 7.52. The van der Waals surface area contributed by atoms with Crippen LogP contribution in [0.4, 0.5) is 0 Å². The molecule has 2 aromatic rings. The Hall–Kier alpha value is -1.99. The third kappa shape index (κ3) is 4.74. The lowest BCUT2D eigenvalue weighted by atomic mass is 10.2. The molecule has 0 spiro atoms. The van der Waals surface area contributed by atoms with Crippen molar-refractivity contribution < 1.29 is 18.3 Å². The molecule has 7 heteroatoms. The molecule has 23 heavy (non-hydrogen) atoms. The van der Waals surface area contributed by atoms with Gasteiger partial charge in [0.05, 0.1) is 24.8 Å². The van der Waals surface area contributed by atoms with E-state index in [-0.39, 0.29) is 18.4 Å². The first-order valence-electron chi connectivity index (χ1n) is 7.39. The SMILES string of the molecule is O=C(Cc1cc(COCc2ccccc2)on1)NC1CS(=O)C1. The Balaban J connectivity index is 1.41. The highest BCUT2D eigenvalue weighted by molar-refractivity contribution is 7.86. The first-order chi connectivity index (χ1) is 11.2. The van der Waals surface area contributed by atoms with Gasteiger partial charge in [-0.2, -0.15) is 0 Å². The summed E-state index contributed by atoms with van der Waals surface area (Å²) in [5, 5.41) is 6.70. The number of hydrogen-bond donors (Lipinski definition) is 1. The van der Waals surface area contributed by atoms with Gasteiger partial charge < -0.3 is 14.6 Å². The molecular weight excluding hydrogens is 316 g/mol. The summed E-state index contributed by atoms with van der Waals surface area (Å²) >= 11 is 0. The zero-order valence-electron chi connectivity index (χ0n) is 12.6. The van der Waals surface area contributed by atoms with E-state index in [1.54, 1.807) is 6.07 Å². The molecule has 6 nitrogen and oxygen atoms in total. The van der Waals surface area contributed by atoms with Crippen molar-refractivity contribution in [2.24, 2.45) is 0 Å². The summed E-state index contributed by atoms with van der Waals surface area (Å²) in [6.07, 6.45) is 0.158. The lowest BCUT2D eigenvalue weighted by Crippen LogP contribution is -2.50. The molecule has 1 N–H and O–H groups in total. The quantitative estimate of drug-likeness (QED) is 0.822. The maximum atomic E-state index is 11.8. The van der Waals surface area contributed by atoms with Gasteiger partial charge in [0.25, 0.3) is 0 Å². The molecule has 1 amide bonds. The van der Waals surface area contributed by atoms with Crippen molar-refractivity contribution in [3.8, 4) is 0 Å². The van der Waals surface area contributed by atoms with Crippen LogP contribution in [0.3, 0.4) is 0 Å². The minimum atomic E-state index is -0.766. The molecule has 1 aromatic heterocycles. The number of aromatic nitrogens is 1. The van der Waals surface area contributed by atoms with Gasteiger partial charge in [0.2, 0.25) is 5.91 Å². The first kappa shape index (κ1) is 15.9. The molecule has 122 valence electrons. The number of amides is 1. The fourth-order valence-corrected chi connectivity index (χ4v) is 3.24. The van der Waals surface area contributed by atoms with E-state index in [0.717, 1.165) is 5.56 Å². The van der Waals surface area contributed by atoms with Gasteiger partial charge in [0.1, 0.15) is 6.61 Å². The molecule has 0 atom stereocenters. The Labute approximate surface area is 136 Å². The lowest BCUT2D eigenvalue weighted by molar-refractivity contribution is -0.121. The summed E-state index contributed by atoms with van der Waals surface area (Å²) in [6, 6.07) is 11.6. The molecule has 3 rings (SSSR count). The monoisotopic (exact) mass is 334 g/mol. The Morgan fingerprint density at radius 3 is 2.83 bits per heavy atom. The van der Waals surface area contributed by atoms with Gasteiger partial charge >= 0.3 is 0 Å². The van der Waals surface area contributed by atoms with Crippen molar-refractivity contribution >= 4 is 16.7 Å². The molecule has 1 aromatic carbocycles. The van der Waals surface area contributed by atoms with Crippen LogP contribution in [0.2, 0.25) is 0 Å². The van der Waals surface area contributed by atoms with Crippen molar-refractivity contribution in [3.05, 3.63) is 53.4 Å². The largest absolute Gasteiger partial charge is 0.369 e. The van der Waals surface area contributed by atoms with E-state index in [0.29, 0.717) is 36.2 Å². The summed E-state index contributed by atoms with van der Waals surface area (Å²) in [5.41, 5.74) is 1.66. The van der Waals surface area contributed by atoms with Crippen molar-refractivity contribution in [1.82, 2.24) is 10.5 Å². The van der Waals surface area contributed by atoms with Crippen LogP contribution in [0.25, 0.3) is 0 Å². The zero-order valence-corrected chi connectivity index (χ0v) is 13.4. The highest BCUT2D eigenvalue weighted by Gasteiger charge is 2.26. The Morgan fingerprint density at radius 2 is 2.09 bits per heavy atom. The zero-order chi connectivity index (χ0) is 16.1. The van der Waals surface area contributed by atoms with Gasteiger partial charge in [0.15, 0.2) is 5.76 Å². The molecule has 0 aliphatic carbocycles.